The largest absolute Gasteiger partial charge is 0.462 e. The number of thiophene rings is 1. The van der Waals surface area contributed by atoms with Crippen LogP contribution in [0.2, 0.25) is 0 Å². The van der Waals surface area contributed by atoms with Gasteiger partial charge in [-0.1, -0.05) is 6.92 Å². The molecule has 0 aliphatic rings. The van der Waals surface area contributed by atoms with Gasteiger partial charge in [-0.2, -0.15) is 13.2 Å². The van der Waals surface area contributed by atoms with Gasteiger partial charge in [-0.3, -0.25) is 0 Å². The van der Waals surface area contributed by atoms with Crippen LogP contribution in [0.15, 0.2) is 24.3 Å². The van der Waals surface area contributed by atoms with Gasteiger partial charge in [0, 0.05) is 4.88 Å². The number of carbonyl (C=O) groups excluding carboxylic acids is 1. The highest BCUT2D eigenvalue weighted by Gasteiger charge is 2.31. The topological polar surface area (TPSA) is 64.3 Å². The maximum absolute atomic E-state index is 12.7. The minimum Gasteiger partial charge on any atom is -0.462 e. The van der Waals surface area contributed by atoms with Crippen LogP contribution < -0.4 is 11.1 Å². The number of ether oxygens (including phenoxy) is 1. The zero-order chi connectivity index (χ0) is 17.9. The Morgan fingerprint density at radius 2 is 2.00 bits per heavy atom. The molecule has 0 fully saturated rings. The number of esters is 1. The maximum atomic E-state index is 12.7. The molecule has 0 spiro atoms. The molecule has 2 rings (SSSR count). The molecular weight excluding hydrogens is 341 g/mol. The van der Waals surface area contributed by atoms with Crippen molar-refractivity contribution in [3.63, 3.8) is 0 Å². The average Bonchev–Trinajstić information content (AvgIpc) is 2.91. The van der Waals surface area contributed by atoms with Crippen LogP contribution in [0.25, 0.3) is 0 Å². The lowest BCUT2D eigenvalue weighted by atomic mass is 10.1. The minimum atomic E-state index is -4.46. The van der Waals surface area contributed by atoms with Crippen molar-refractivity contribution < 1.29 is 22.7 Å². The quantitative estimate of drug-likeness (QED) is 0.593. The first-order valence-corrected chi connectivity index (χ1v) is 8.11. The fourth-order valence-corrected chi connectivity index (χ4v) is 3.04. The third-order valence-corrected chi connectivity index (χ3v) is 4.45. The minimum absolute atomic E-state index is 0.0499. The number of aryl methyl sites for hydroxylation is 1. The lowest BCUT2D eigenvalue weighted by molar-refractivity contribution is -0.137. The summed E-state index contributed by atoms with van der Waals surface area (Å²) in [5.41, 5.74) is 5.49. The van der Waals surface area contributed by atoms with Gasteiger partial charge >= 0.3 is 12.1 Å². The van der Waals surface area contributed by atoms with Gasteiger partial charge < -0.3 is 15.8 Å². The normalized spacial score (nSPS) is 11.4. The summed E-state index contributed by atoms with van der Waals surface area (Å²) in [7, 11) is 0. The molecule has 1 aromatic carbocycles. The zero-order valence-electron chi connectivity index (χ0n) is 13.2. The molecule has 0 bridgehead atoms. The molecule has 1 aromatic heterocycles. The van der Waals surface area contributed by atoms with E-state index in [-0.39, 0.29) is 12.3 Å². The average molecular weight is 358 g/mol. The van der Waals surface area contributed by atoms with Gasteiger partial charge in [0.15, 0.2) is 0 Å². The fraction of sp³-hybridized carbons (Fsp3) is 0.312. The summed E-state index contributed by atoms with van der Waals surface area (Å²) in [5, 5.41) is 3.44. The molecule has 0 unspecified atom stereocenters. The summed E-state index contributed by atoms with van der Waals surface area (Å²) in [4.78, 5) is 13.0. The molecule has 0 aliphatic heterocycles. The van der Waals surface area contributed by atoms with Crippen molar-refractivity contribution in [3.05, 3.63) is 40.3 Å². The first-order chi connectivity index (χ1) is 11.3. The molecule has 8 heteroatoms. The second-order valence-corrected chi connectivity index (χ2v) is 6.09. The van der Waals surface area contributed by atoms with E-state index in [1.54, 1.807) is 13.0 Å². The third-order valence-electron chi connectivity index (χ3n) is 3.25. The van der Waals surface area contributed by atoms with Crippen molar-refractivity contribution in [2.24, 2.45) is 0 Å². The van der Waals surface area contributed by atoms with Crippen molar-refractivity contribution in [2.75, 3.05) is 17.7 Å². The molecular formula is C16H17F3N2O2S. The van der Waals surface area contributed by atoms with Gasteiger partial charge in [-0.05, 0) is 37.6 Å². The number of nitrogens with one attached hydrogen (secondary N) is 1. The van der Waals surface area contributed by atoms with Gasteiger partial charge in [0.05, 0.1) is 29.1 Å². The third kappa shape index (κ3) is 4.00. The van der Waals surface area contributed by atoms with Crippen LogP contribution in [-0.4, -0.2) is 12.6 Å². The summed E-state index contributed by atoms with van der Waals surface area (Å²) in [6.07, 6.45) is -3.73. The number of nitrogen functional groups attached to an aromatic ring is 1. The molecule has 0 aliphatic carbocycles. The second kappa shape index (κ2) is 7.12. The number of rotatable bonds is 5. The summed E-state index contributed by atoms with van der Waals surface area (Å²) in [6, 6.07) is 4.77. The number of hydrogen-bond donors (Lipinski definition) is 2. The lowest BCUT2D eigenvalue weighted by Crippen LogP contribution is -2.08. The molecule has 0 radical (unpaired) electrons. The van der Waals surface area contributed by atoms with E-state index in [1.807, 2.05) is 6.92 Å². The van der Waals surface area contributed by atoms with Crippen LogP contribution in [0.4, 0.5) is 29.5 Å². The first-order valence-electron chi connectivity index (χ1n) is 7.29. The van der Waals surface area contributed by atoms with Gasteiger partial charge in [-0.25, -0.2) is 4.79 Å². The number of anilines is 3. The highest BCUT2D eigenvalue weighted by Crippen LogP contribution is 2.36. The van der Waals surface area contributed by atoms with Crippen LogP contribution >= 0.6 is 11.3 Å². The number of hydrogen-bond acceptors (Lipinski definition) is 5. The molecule has 2 aromatic rings. The standard InChI is InChI=1S/C16H17F3N2O2S/c1-3-10-8-11(15(22)23-4-2)14(24-10)21-13-6-5-9(7-12(13)20)16(17,18)19/h5-8,21H,3-4,20H2,1-2H3. The van der Waals surface area contributed by atoms with E-state index in [0.29, 0.717) is 16.3 Å². The van der Waals surface area contributed by atoms with Crippen LogP contribution in [0.3, 0.4) is 0 Å². The number of benzene rings is 1. The molecule has 0 saturated heterocycles. The van der Waals surface area contributed by atoms with E-state index < -0.39 is 17.7 Å². The van der Waals surface area contributed by atoms with Gasteiger partial charge in [0.25, 0.3) is 0 Å². The maximum Gasteiger partial charge on any atom is 0.416 e. The Hall–Kier alpha value is -2.22. The van der Waals surface area contributed by atoms with E-state index in [2.05, 4.69) is 5.32 Å². The van der Waals surface area contributed by atoms with E-state index in [9.17, 15) is 18.0 Å². The predicted molar refractivity (Wildman–Crippen MR) is 88.8 cm³/mol. The van der Waals surface area contributed by atoms with Crippen molar-refractivity contribution in [3.8, 4) is 0 Å². The van der Waals surface area contributed by atoms with E-state index in [4.69, 9.17) is 10.5 Å². The summed E-state index contributed by atoms with van der Waals surface area (Å²) in [5.74, 6) is -0.485. The van der Waals surface area contributed by atoms with Crippen LogP contribution in [0, 0.1) is 0 Å². The molecule has 0 saturated carbocycles. The van der Waals surface area contributed by atoms with Gasteiger partial charge in [0.1, 0.15) is 5.00 Å². The highest BCUT2D eigenvalue weighted by atomic mass is 32.1. The van der Waals surface area contributed by atoms with Crippen molar-refractivity contribution in [2.45, 2.75) is 26.4 Å². The van der Waals surface area contributed by atoms with Crippen molar-refractivity contribution in [1.29, 1.82) is 0 Å². The molecule has 1 heterocycles. The zero-order valence-corrected chi connectivity index (χ0v) is 14.0. The summed E-state index contributed by atoms with van der Waals surface area (Å²) in [6.45, 7) is 3.88. The fourth-order valence-electron chi connectivity index (χ4n) is 2.04. The van der Waals surface area contributed by atoms with Crippen LogP contribution in [0.5, 0.6) is 0 Å². The molecule has 0 atom stereocenters. The Labute approximate surface area is 141 Å². The van der Waals surface area contributed by atoms with Crippen LogP contribution in [-0.2, 0) is 17.3 Å². The van der Waals surface area contributed by atoms with E-state index in [1.165, 1.54) is 17.4 Å². The lowest BCUT2D eigenvalue weighted by Gasteiger charge is -2.12. The number of alkyl halides is 3. The van der Waals surface area contributed by atoms with Crippen molar-refractivity contribution in [1.82, 2.24) is 0 Å². The number of halogens is 3. The first kappa shape index (κ1) is 18.1. The predicted octanol–water partition coefficient (Wildman–Crippen LogP) is 4.83. The Morgan fingerprint density at radius 3 is 2.54 bits per heavy atom. The number of nitrogens with two attached hydrogens (primary N) is 1. The smallest absolute Gasteiger partial charge is 0.416 e. The Bertz CT molecular complexity index is 741. The molecule has 0 amide bonds. The van der Waals surface area contributed by atoms with Gasteiger partial charge in [-0.15, -0.1) is 11.3 Å². The molecule has 24 heavy (non-hydrogen) atoms. The Morgan fingerprint density at radius 1 is 1.29 bits per heavy atom. The monoisotopic (exact) mass is 358 g/mol. The Balaban J connectivity index is 2.34. The molecule has 3 N–H and O–H groups in total. The number of carbonyl (C=O) groups is 1. The summed E-state index contributed by atoms with van der Waals surface area (Å²) < 4.78 is 43.1. The van der Waals surface area contributed by atoms with E-state index in [0.717, 1.165) is 23.4 Å². The second-order valence-electron chi connectivity index (χ2n) is 4.95. The Kier molecular flexibility index (Phi) is 5.38. The van der Waals surface area contributed by atoms with Gasteiger partial charge in [0.2, 0.25) is 0 Å². The highest BCUT2D eigenvalue weighted by molar-refractivity contribution is 7.16. The molecule has 4 nitrogen and oxygen atoms in total. The van der Waals surface area contributed by atoms with E-state index >= 15 is 0 Å². The summed E-state index contributed by atoms with van der Waals surface area (Å²) >= 11 is 1.34. The molecule has 130 valence electrons. The van der Waals surface area contributed by atoms with Crippen molar-refractivity contribution >= 4 is 33.7 Å². The van der Waals surface area contributed by atoms with Crippen LogP contribution in [0.1, 0.15) is 34.6 Å². The SMILES string of the molecule is CCOC(=O)c1cc(CC)sc1Nc1ccc(C(F)(F)F)cc1N.